The molecule has 4 N–H and O–H groups in total. The SMILES string of the molecule is CNCCCC(=O)N[C@@H](Cc1ccccc1)C(N)=O. The molecule has 0 aromatic heterocycles. The van der Waals surface area contributed by atoms with Crippen LogP contribution in [0.4, 0.5) is 0 Å². The molecule has 0 radical (unpaired) electrons. The van der Waals surface area contributed by atoms with E-state index in [4.69, 9.17) is 5.73 Å². The molecule has 1 aromatic rings. The van der Waals surface area contributed by atoms with Crippen LogP contribution in [0.15, 0.2) is 30.3 Å². The fraction of sp³-hybridized carbons (Fsp3) is 0.429. The molecule has 5 nitrogen and oxygen atoms in total. The molecule has 5 heteroatoms. The van der Waals surface area contributed by atoms with E-state index in [0.29, 0.717) is 12.8 Å². The Kier molecular flexibility index (Phi) is 6.60. The Bertz CT molecular complexity index is 406. The first kappa shape index (κ1) is 15.2. The van der Waals surface area contributed by atoms with E-state index in [0.717, 1.165) is 18.5 Å². The Balaban J connectivity index is 2.49. The number of hydrogen-bond donors (Lipinski definition) is 3. The first-order valence-electron chi connectivity index (χ1n) is 6.40. The summed E-state index contributed by atoms with van der Waals surface area (Å²) in [6.45, 7) is 0.771. The summed E-state index contributed by atoms with van der Waals surface area (Å²) in [5.41, 5.74) is 6.30. The molecule has 0 saturated heterocycles. The van der Waals surface area contributed by atoms with Crippen LogP contribution in [-0.4, -0.2) is 31.4 Å². The van der Waals surface area contributed by atoms with Crippen molar-refractivity contribution < 1.29 is 9.59 Å². The molecule has 0 bridgehead atoms. The second-order valence-electron chi connectivity index (χ2n) is 4.42. The number of rotatable bonds is 8. The van der Waals surface area contributed by atoms with E-state index in [1.165, 1.54) is 0 Å². The van der Waals surface area contributed by atoms with Crippen molar-refractivity contribution >= 4 is 11.8 Å². The largest absolute Gasteiger partial charge is 0.368 e. The summed E-state index contributed by atoms with van der Waals surface area (Å²) in [7, 11) is 1.83. The molecule has 0 aliphatic rings. The lowest BCUT2D eigenvalue weighted by atomic mass is 10.1. The van der Waals surface area contributed by atoms with Crippen LogP contribution in [0.3, 0.4) is 0 Å². The smallest absolute Gasteiger partial charge is 0.240 e. The van der Waals surface area contributed by atoms with Gasteiger partial charge in [0.15, 0.2) is 0 Å². The van der Waals surface area contributed by atoms with Crippen molar-refractivity contribution in [3.05, 3.63) is 35.9 Å². The van der Waals surface area contributed by atoms with E-state index >= 15 is 0 Å². The lowest BCUT2D eigenvalue weighted by molar-refractivity contribution is -0.127. The molecule has 0 fully saturated rings. The number of nitrogens with two attached hydrogens (primary N) is 1. The zero-order valence-electron chi connectivity index (χ0n) is 11.2. The maximum atomic E-state index is 11.7. The quantitative estimate of drug-likeness (QED) is 0.586. The lowest BCUT2D eigenvalue weighted by Crippen LogP contribution is -2.45. The molecule has 0 spiro atoms. The zero-order valence-corrected chi connectivity index (χ0v) is 11.2. The zero-order chi connectivity index (χ0) is 14.1. The van der Waals surface area contributed by atoms with Crippen molar-refractivity contribution in [1.29, 1.82) is 0 Å². The second-order valence-corrected chi connectivity index (χ2v) is 4.42. The predicted octanol–water partition coefficient (Wildman–Crippen LogP) is 0.199. The normalized spacial score (nSPS) is 11.8. The van der Waals surface area contributed by atoms with Gasteiger partial charge in [-0.15, -0.1) is 0 Å². The monoisotopic (exact) mass is 263 g/mol. The highest BCUT2D eigenvalue weighted by Crippen LogP contribution is 2.03. The Morgan fingerprint density at radius 2 is 1.95 bits per heavy atom. The lowest BCUT2D eigenvalue weighted by Gasteiger charge is -2.15. The summed E-state index contributed by atoms with van der Waals surface area (Å²) in [6, 6.07) is 8.85. The molecule has 0 unspecified atom stereocenters. The minimum absolute atomic E-state index is 0.144. The Morgan fingerprint density at radius 1 is 1.26 bits per heavy atom. The molecule has 19 heavy (non-hydrogen) atoms. The third-order valence-corrected chi connectivity index (χ3v) is 2.79. The number of hydrogen-bond acceptors (Lipinski definition) is 3. The van der Waals surface area contributed by atoms with Gasteiger partial charge in [0, 0.05) is 12.8 Å². The number of carbonyl (C=O) groups excluding carboxylic acids is 2. The Labute approximate surface area is 113 Å². The van der Waals surface area contributed by atoms with Crippen molar-refractivity contribution in [2.45, 2.75) is 25.3 Å². The Morgan fingerprint density at radius 3 is 2.53 bits per heavy atom. The fourth-order valence-corrected chi connectivity index (χ4v) is 1.76. The Hall–Kier alpha value is -1.88. The third-order valence-electron chi connectivity index (χ3n) is 2.79. The van der Waals surface area contributed by atoms with Crippen molar-refractivity contribution in [3.63, 3.8) is 0 Å². The average molecular weight is 263 g/mol. The van der Waals surface area contributed by atoms with E-state index in [9.17, 15) is 9.59 Å². The van der Waals surface area contributed by atoms with E-state index in [2.05, 4.69) is 10.6 Å². The van der Waals surface area contributed by atoms with Gasteiger partial charge >= 0.3 is 0 Å². The molecule has 0 aliphatic heterocycles. The standard InChI is InChI=1S/C14H21N3O2/c1-16-9-5-8-13(18)17-12(14(15)19)10-11-6-3-2-4-7-11/h2-4,6-7,12,16H,5,8-10H2,1H3,(H2,15,19)(H,17,18)/t12-/m0/s1. The molecule has 2 amide bonds. The van der Waals surface area contributed by atoms with Crippen LogP contribution in [-0.2, 0) is 16.0 Å². The highest BCUT2D eigenvalue weighted by molar-refractivity contribution is 5.86. The first-order chi connectivity index (χ1) is 9.13. The molecule has 1 atom stereocenters. The number of primary amides is 1. The summed E-state index contributed by atoms with van der Waals surface area (Å²) in [5.74, 6) is -0.652. The molecule has 0 heterocycles. The minimum atomic E-state index is -0.649. The van der Waals surface area contributed by atoms with Crippen molar-refractivity contribution in [2.24, 2.45) is 5.73 Å². The van der Waals surface area contributed by atoms with Gasteiger partial charge in [-0.1, -0.05) is 30.3 Å². The summed E-state index contributed by atoms with van der Waals surface area (Å²) >= 11 is 0. The highest BCUT2D eigenvalue weighted by Gasteiger charge is 2.18. The number of amides is 2. The van der Waals surface area contributed by atoms with Crippen LogP contribution < -0.4 is 16.4 Å². The van der Waals surface area contributed by atoms with Gasteiger partial charge in [-0.2, -0.15) is 0 Å². The van der Waals surface area contributed by atoms with Gasteiger partial charge in [-0.25, -0.2) is 0 Å². The molecule has 104 valence electrons. The average Bonchev–Trinajstić information content (AvgIpc) is 2.39. The van der Waals surface area contributed by atoms with Gasteiger partial charge in [0.2, 0.25) is 11.8 Å². The van der Waals surface area contributed by atoms with Crippen molar-refractivity contribution in [1.82, 2.24) is 10.6 Å². The fourth-order valence-electron chi connectivity index (χ4n) is 1.76. The maximum absolute atomic E-state index is 11.7. The summed E-state index contributed by atoms with van der Waals surface area (Å²) in [6.07, 6.45) is 1.55. The van der Waals surface area contributed by atoms with Gasteiger partial charge < -0.3 is 16.4 Å². The van der Waals surface area contributed by atoms with Crippen LogP contribution in [0, 0.1) is 0 Å². The molecule has 0 saturated carbocycles. The van der Waals surface area contributed by atoms with Gasteiger partial charge in [0.25, 0.3) is 0 Å². The molecular formula is C14H21N3O2. The summed E-state index contributed by atoms with van der Waals surface area (Å²) in [4.78, 5) is 23.0. The molecule has 1 rings (SSSR count). The maximum Gasteiger partial charge on any atom is 0.240 e. The van der Waals surface area contributed by atoms with Gasteiger partial charge in [0.1, 0.15) is 6.04 Å². The third kappa shape index (κ3) is 6.01. The van der Waals surface area contributed by atoms with Gasteiger partial charge in [-0.3, -0.25) is 9.59 Å². The second kappa shape index (κ2) is 8.26. The van der Waals surface area contributed by atoms with Gasteiger partial charge in [0.05, 0.1) is 0 Å². The van der Waals surface area contributed by atoms with E-state index < -0.39 is 11.9 Å². The van der Waals surface area contributed by atoms with Crippen LogP contribution in [0.1, 0.15) is 18.4 Å². The number of nitrogens with one attached hydrogen (secondary N) is 2. The summed E-state index contributed by atoms with van der Waals surface area (Å²) < 4.78 is 0. The van der Waals surface area contributed by atoms with Crippen LogP contribution in [0.5, 0.6) is 0 Å². The predicted molar refractivity (Wildman–Crippen MR) is 74.4 cm³/mol. The van der Waals surface area contributed by atoms with Crippen LogP contribution in [0.2, 0.25) is 0 Å². The van der Waals surface area contributed by atoms with E-state index in [1.807, 2.05) is 37.4 Å². The first-order valence-corrected chi connectivity index (χ1v) is 6.40. The number of benzene rings is 1. The molecule has 0 aliphatic carbocycles. The van der Waals surface area contributed by atoms with Crippen LogP contribution in [0.25, 0.3) is 0 Å². The minimum Gasteiger partial charge on any atom is -0.368 e. The molecule has 1 aromatic carbocycles. The molecular weight excluding hydrogens is 242 g/mol. The highest BCUT2D eigenvalue weighted by atomic mass is 16.2. The topological polar surface area (TPSA) is 84.2 Å². The van der Waals surface area contributed by atoms with Crippen molar-refractivity contribution in [2.75, 3.05) is 13.6 Å². The van der Waals surface area contributed by atoms with Crippen LogP contribution >= 0.6 is 0 Å². The van der Waals surface area contributed by atoms with Crippen molar-refractivity contribution in [3.8, 4) is 0 Å². The van der Waals surface area contributed by atoms with Gasteiger partial charge in [-0.05, 0) is 25.6 Å². The van der Waals surface area contributed by atoms with E-state index in [-0.39, 0.29) is 5.91 Å². The van der Waals surface area contributed by atoms with E-state index in [1.54, 1.807) is 0 Å². The summed E-state index contributed by atoms with van der Waals surface area (Å²) in [5, 5.41) is 5.65. The number of carbonyl (C=O) groups is 2.